The number of hydrogen-bond donors (Lipinski definition) is 1. The van der Waals surface area contributed by atoms with Gasteiger partial charge in [-0.15, -0.1) is 0 Å². The Hall–Kier alpha value is -1.74. The molecule has 0 saturated heterocycles. The number of pyridine rings is 1. The van der Waals surface area contributed by atoms with Crippen molar-refractivity contribution in [2.24, 2.45) is 5.73 Å². The van der Waals surface area contributed by atoms with E-state index in [0.29, 0.717) is 6.42 Å². The van der Waals surface area contributed by atoms with E-state index >= 15 is 0 Å². The number of aryl methyl sites for hydroxylation is 2. The van der Waals surface area contributed by atoms with Crippen molar-refractivity contribution in [3.63, 3.8) is 0 Å². The summed E-state index contributed by atoms with van der Waals surface area (Å²) in [4.78, 5) is 4.39. The Labute approximate surface area is 113 Å². The van der Waals surface area contributed by atoms with Gasteiger partial charge in [0.15, 0.2) is 0 Å². The number of benzene rings is 1. The highest BCUT2D eigenvalue weighted by atomic mass is 19.1. The number of halogens is 1. The Morgan fingerprint density at radius 3 is 2.74 bits per heavy atom. The third kappa shape index (κ3) is 3.18. The van der Waals surface area contributed by atoms with E-state index in [1.165, 1.54) is 11.6 Å². The van der Waals surface area contributed by atoms with Gasteiger partial charge in [-0.1, -0.05) is 19.1 Å². The predicted octanol–water partition coefficient (Wildman–Crippen LogP) is 3.33. The van der Waals surface area contributed by atoms with Gasteiger partial charge in [-0.2, -0.15) is 0 Å². The van der Waals surface area contributed by atoms with E-state index in [9.17, 15) is 4.39 Å². The maximum absolute atomic E-state index is 13.1. The fraction of sp³-hybridized carbons (Fsp3) is 0.312. The summed E-state index contributed by atoms with van der Waals surface area (Å²) in [6, 6.07) is 8.66. The maximum Gasteiger partial charge on any atom is 0.123 e. The quantitative estimate of drug-likeness (QED) is 0.913. The minimum atomic E-state index is -0.207. The van der Waals surface area contributed by atoms with Gasteiger partial charge < -0.3 is 5.73 Å². The zero-order valence-electron chi connectivity index (χ0n) is 11.4. The smallest absolute Gasteiger partial charge is 0.123 e. The molecule has 0 aliphatic carbocycles. The van der Waals surface area contributed by atoms with Crippen LogP contribution in [-0.2, 0) is 12.8 Å². The molecule has 3 heteroatoms. The van der Waals surface area contributed by atoms with Crippen LogP contribution in [0.5, 0.6) is 0 Å². The molecule has 0 saturated carbocycles. The molecule has 1 atom stereocenters. The third-order valence-corrected chi connectivity index (χ3v) is 3.40. The summed E-state index contributed by atoms with van der Waals surface area (Å²) in [5, 5.41) is 0. The molecule has 2 rings (SSSR count). The van der Waals surface area contributed by atoms with Gasteiger partial charge in [0.1, 0.15) is 5.82 Å². The zero-order valence-corrected chi connectivity index (χ0v) is 11.4. The second kappa shape index (κ2) is 5.93. The molecule has 100 valence electrons. The summed E-state index contributed by atoms with van der Waals surface area (Å²) in [7, 11) is 0. The maximum atomic E-state index is 13.1. The van der Waals surface area contributed by atoms with Gasteiger partial charge in [-0.25, -0.2) is 4.39 Å². The Kier molecular flexibility index (Phi) is 4.27. The average molecular weight is 258 g/mol. The predicted molar refractivity (Wildman–Crippen MR) is 75.4 cm³/mol. The number of hydrogen-bond acceptors (Lipinski definition) is 2. The van der Waals surface area contributed by atoms with Crippen LogP contribution >= 0.6 is 0 Å². The minimum Gasteiger partial charge on any atom is -0.322 e. The number of aromatic nitrogens is 1. The summed E-state index contributed by atoms with van der Waals surface area (Å²) in [6.45, 7) is 4.00. The lowest BCUT2D eigenvalue weighted by atomic mass is 9.96. The Bertz CT molecular complexity index is 566. The summed E-state index contributed by atoms with van der Waals surface area (Å²) < 4.78 is 13.1. The summed E-state index contributed by atoms with van der Waals surface area (Å²) in [6.07, 6.45) is 3.36. The molecule has 1 unspecified atom stereocenters. The number of nitrogens with zero attached hydrogens (tertiary/aromatic N) is 1. The molecule has 19 heavy (non-hydrogen) atoms. The van der Waals surface area contributed by atoms with E-state index in [4.69, 9.17) is 5.73 Å². The summed E-state index contributed by atoms with van der Waals surface area (Å²) in [5.74, 6) is -0.207. The van der Waals surface area contributed by atoms with Gasteiger partial charge in [-0.05, 0) is 54.7 Å². The van der Waals surface area contributed by atoms with Crippen molar-refractivity contribution < 1.29 is 4.39 Å². The van der Waals surface area contributed by atoms with E-state index < -0.39 is 0 Å². The third-order valence-electron chi connectivity index (χ3n) is 3.40. The molecule has 0 spiro atoms. The molecular formula is C16H19FN2. The van der Waals surface area contributed by atoms with E-state index in [1.807, 2.05) is 13.0 Å². The molecule has 0 radical (unpaired) electrons. The van der Waals surface area contributed by atoms with Crippen molar-refractivity contribution in [2.75, 3.05) is 0 Å². The van der Waals surface area contributed by atoms with Crippen molar-refractivity contribution in [2.45, 2.75) is 32.7 Å². The molecule has 1 heterocycles. The lowest BCUT2D eigenvalue weighted by Gasteiger charge is -2.16. The van der Waals surface area contributed by atoms with Crippen molar-refractivity contribution in [3.8, 4) is 0 Å². The van der Waals surface area contributed by atoms with Crippen LogP contribution < -0.4 is 5.73 Å². The van der Waals surface area contributed by atoms with Crippen molar-refractivity contribution in [3.05, 3.63) is 64.7 Å². The first kappa shape index (κ1) is 13.7. The lowest BCUT2D eigenvalue weighted by molar-refractivity contribution is 0.623. The van der Waals surface area contributed by atoms with Crippen molar-refractivity contribution in [1.82, 2.24) is 4.98 Å². The van der Waals surface area contributed by atoms with Gasteiger partial charge in [0, 0.05) is 6.20 Å². The molecule has 2 N–H and O–H groups in total. The fourth-order valence-electron chi connectivity index (χ4n) is 2.31. The van der Waals surface area contributed by atoms with E-state index in [0.717, 1.165) is 23.2 Å². The van der Waals surface area contributed by atoms with E-state index in [1.54, 1.807) is 18.3 Å². The summed E-state index contributed by atoms with van der Waals surface area (Å²) in [5.41, 5.74) is 10.4. The van der Waals surface area contributed by atoms with Crippen molar-refractivity contribution in [1.29, 1.82) is 0 Å². The van der Waals surface area contributed by atoms with Crippen LogP contribution in [-0.4, -0.2) is 4.98 Å². The van der Waals surface area contributed by atoms with Crippen LogP contribution in [0.2, 0.25) is 0 Å². The molecule has 2 aromatic rings. The number of nitrogens with two attached hydrogens (primary N) is 1. The molecule has 0 amide bonds. The highest BCUT2D eigenvalue weighted by Gasteiger charge is 2.13. The normalized spacial score (nSPS) is 12.4. The topological polar surface area (TPSA) is 38.9 Å². The van der Waals surface area contributed by atoms with Gasteiger partial charge in [0.05, 0.1) is 11.7 Å². The van der Waals surface area contributed by atoms with Crippen LogP contribution in [0.15, 0.2) is 36.5 Å². The molecule has 0 aliphatic heterocycles. The SMILES string of the molecule is CCc1cccnc1C(N)Cc1ccc(F)cc1C. The summed E-state index contributed by atoms with van der Waals surface area (Å²) >= 11 is 0. The lowest BCUT2D eigenvalue weighted by Crippen LogP contribution is -2.17. The van der Waals surface area contributed by atoms with Crippen molar-refractivity contribution >= 4 is 0 Å². The van der Waals surface area contributed by atoms with Gasteiger partial charge in [0.25, 0.3) is 0 Å². The molecule has 2 nitrogen and oxygen atoms in total. The van der Waals surface area contributed by atoms with Gasteiger partial charge in [0.2, 0.25) is 0 Å². The fourth-order valence-corrected chi connectivity index (χ4v) is 2.31. The first-order chi connectivity index (χ1) is 9.11. The van der Waals surface area contributed by atoms with Crippen LogP contribution in [0.3, 0.4) is 0 Å². The molecule has 0 aliphatic rings. The van der Waals surface area contributed by atoms with Crippen LogP contribution in [0.1, 0.15) is 35.3 Å². The Balaban J connectivity index is 2.23. The second-order valence-corrected chi connectivity index (χ2v) is 4.78. The first-order valence-electron chi connectivity index (χ1n) is 6.56. The van der Waals surface area contributed by atoms with E-state index in [-0.39, 0.29) is 11.9 Å². The molecule has 1 aromatic carbocycles. The standard InChI is InChI=1S/C16H19FN2/c1-3-12-5-4-8-19-16(12)15(18)10-13-6-7-14(17)9-11(13)2/h4-9,15H,3,10,18H2,1-2H3. The minimum absolute atomic E-state index is 0.152. The molecule has 0 bridgehead atoms. The second-order valence-electron chi connectivity index (χ2n) is 4.78. The molecular weight excluding hydrogens is 239 g/mol. The van der Waals surface area contributed by atoms with Gasteiger partial charge in [-0.3, -0.25) is 4.98 Å². The Morgan fingerprint density at radius 1 is 1.26 bits per heavy atom. The molecule has 0 fully saturated rings. The average Bonchev–Trinajstić information content (AvgIpc) is 2.41. The monoisotopic (exact) mass is 258 g/mol. The van der Waals surface area contributed by atoms with E-state index in [2.05, 4.69) is 18.0 Å². The number of rotatable bonds is 4. The molecule has 1 aromatic heterocycles. The van der Waals surface area contributed by atoms with Crippen LogP contribution in [0, 0.1) is 12.7 Å². The highest BCUT2D eigenvalue weighted by molar-refractivity contribution is 5.30. The van der Waals surface area contributed by atoms with Crippen LogP contribution in [0.4, 0.5) is 4.39 Å². The zero-order chi connectivity index (χ0) is 13.8. The first-order valence-corrected chi connectivity index (χ1v) is 6.56. The largest absolute Gasteiger partial charge is 0.322 e. The van der Waals surface area contributed by atoms with Crippen LogP contribution in [0.25, 0.3) is 0 Å². The van der Waals surface area contributed by atoms with Gasteiger partial charge >= 0.3 is 0 Å². The highest BCUT2D eigenvalue weighted by Crippen LogP contribution is 2.20. The Morgan fingerprint density at radius 2 is 2.05 bits per heavy atom.